The van der Waals surface area contributed by atoms with E-state index in [2.05, 4.69) is 22.4 Å². The lowest BCUT2D eigenvalue weighted by Gasteiger charge is -2.04. The highest BCUT2D eigenvalue weighted by atomic mass is 35.5. The molecule has 0 atom stereocenters. The fourth-order valence-corrected chi connectivity index (χ4v) is 3.04. The Morgan fingerprint density at radius 1 is 1.41 bits per heavy atom. The number of nitrogens with one attached hydrogen (secondary N) is 1. The highest BCUT2D eigenvalue weighted by molar-refractivity contribution is 7.15. The zero-order valence-corrected chi connectivity index (χ0v) is 13.5. The molecule has 0 radical (unpaired) electrons. The number of nitrogens with zero attached hydrogens (tertiary/aromatic N) is 2. The number of hydrogen-bond acceptors (Lipinski definition) is 6. The van der Waals surface area contributed by atoms with Crippen molar-refractivity contribution in [1.29, 1.82) is 0 Å². The number of ether oxygens (including phenoxy) is 2. The van der Waals surface area contributed by atoms with Gasteiger partial charge in [-0.2, -0.15) is 0 Å². The lowest BCUT2D eigenvalue weighted by atomic mass is 10.2. The van der Waals surface area contributed by atoms with Crippen molar-refractivity contribution in [2.75, 3.05) is 12.1 Å². The van der Waals surface area contributed by atoms with Crippen molar-refractivity contribution in [3.8, 4) is 11.5 Å². The van der Waals surface area contributed by atoms with Crippen LogP contribution in [0.15, 0.2) is 12.1 Å². The first kappa shape index (κ1) is 15.1. The van der Waals surface area contributed by atoms with Crippen LogP contribution in [-0.4, -0.2) is 22.9 Å². The normalized spacial score (nSPS) is 12.5. The van der Waals surface area contributed by atoms with Crippen LogP contribution >= 0.6 is 22.9 Å². The molecule has 0 fully saturated rings. The van der Waals surface area contributed by atoms with E-state index in [-0.39, 0.29) is 12.7 Å². The Bertz CT molecular complexity index is 705. The monoisotopic (exact) mass is 339 g/mol. The predicted molar refractivity (Wildman–Crippen MR) is 84.0 cm³/mol. The fourth-order valence-electron chi connectivity index (χ4n) is 2.00. The van der Waals surface area contributed by atoms with Crippen molar-refractivity contribution in [2.24, 2.45) is 0 Å². The third kappa shape index (κ3) is 3.15. The number of hydrogen-bond donors (Lipinski definition) is 1. The summed E-state index contributed by atoms with van der Waals surface area (Å²) in [6, 6.07) is 3.14. The number of rotatable bonds is 5. The first-order valence-electron chi connectivity index (χ1n) is 6.90. The first-order valence-corrected chi connectivity index (χ1v) is 8.09. The van der Waals surface area contributed by atoms with Crippen LogP contribution in [0.5, 0.6) is 11.5 Å². The number of unbranched alkanes of at least 4 members (excludes halogenated alkanes) is 1. The molecule has 116 valence electrons. The van der Waals surface area contributed by atoms with Crippen molar-refractivity contribution < 1.29 is 14.3 Å². The van der Waals surface area contributed by atoms with Gasteiger partial charge in [0.15, 0.2) is 11.5 Å². The maximum atomic E-state index is 12.3. The van der Waals surface area contributed by atoms with Crippen LogP contribution in [0.25, 0.3) is 0 Å². The van der Waals surface area contributed by atoms with Crippen LogP contribution < -0.4 is 14.8 Å². The summed E-state index contributed by atoms with van der Waals surface area (Å²) in [5.74, 6) is 0.632. The van der Waals surface area contributed by atoms with Gasteiger partial charge in [-0.25, -0.2) is 0 Å². The molecule has 0 saturated heterocycles. The largest absolute Gasteiger partial charge is 0.454 e. The Kier molecular flexibility index (Phi) is 4.44. The summed E-state index contributed by atoms with van der Waals surface area (Å²) in [5, 5.41) is 12.5. The summed E-state index contributed by atoms with van der Waals surface area (Å²) >= 11 is 7.46. The van der Waals surface area contributed by atoms with Crippen molar-refractivity contribution >= 4 is 34.0 Å². The van der Waals surface area contributed by atoms with Crippen molar-refractivity contribution in [3.05, 3.63) is 27.7 Å². The number of aryl methyl sites for hydroxylation is 1. The third-order valence-corrected chi connectivity index (χ3v) is 4.30. The smallest absolute Gasteiger partial charge is 0.257 e. The molecule has 1 N–H and O–H groups in total. The average Bonchev–Trinajstić information content (AvgIpc) is 3.14. The van der Waals surface area contributed by atoms with E-state index in [4.69, 9.17) is 21.1 Å². The number of anilines is 1. The van der Waals surface area contributed by atoms with E-state index in [1.807, 2.05) is 0 Å². The second kappa shape index (κ2) is 6.50. The summed E-state index contributed by atoms with van der Waals surface area (Å²) in [4.78, 5) is 12.3. The highest BCUT2D eigenvalue weighted by Crippen LogP contribution is 2.39. The molecule has 3 rings (SSSR count). The molecule has 0 aliphatic carbocycles. The van der Waals surface area contributed by atoms with Gasteiger partial charge in [-0.3, -0.25) is 10.1 Å². The van der Waals surface area contributed by atoms with E-state index in [1.165, 1.54) is 11.3 Å². The second-order valence-corrected chi connectivity index (χ2v) is 6.22. The zero-order valence-electron chi connectivity index (χ0n) is 11.9. The number of carbonyl (C=O) groups is 1. The molecule has 0 spiro atoms. The van der Waals surface area contributed by atoms with Gasteiger partial charge in [0, 0.05) is 12.0 Å². The molecule has 1 aliphatic rings. The molecule has 2 heterocycles. The van der Waals surface area contributed by atoms with Crippen LogP contribution in [0.3, 0.4) is 0 Å². The topological polar surface area (TPSA) is 73.3 Å². The Morgan fingerprint density at radius 2 is 2.27 bits per heavy atom. The Morgan fingerprint density at radius 3 is 3.09 bits per heavy atom. The average molecular weight is 340 g/mol. The van der Waals surface area contributed by atoms with E-state index in [9.17, 15) is 4.79 Å². The Labute approximate surface area is 136 Å². The summed E-state index contributed by atoms with van der Waals surface area (Å²) < 4.78 is 10.5. The van der Waals surface area contributed by atoms with E-state index in [0.29, 0.717) is 27.2 Å². The molecular formula is C14H14ClN3O3S. The van der Waals surface area contributed by atoms with Gasteiger partial charge in [-0.05, 0) is 18.6 Å². The van der Waals surface area contributed by atoms with Gasteiger partial charge in [0.1, 0.15) is 5.01 Å². The molecule has 8 heteroatoms. The summed E-state index contributed by atoms with van der Waals surface area (Å²) in [7, 11) is 0. The SMILES string of the molecule is CCCCc1nnc(NC(=O)c2cc(Cl)c3c(c2)OCO3)s1. The molecule has 1 aromatic heterocycles. The summed E-state index contributed by atoms with van der Waals surface area (Å²) in [6.45, 7) is 2.23. The molecule has 1 aromatic carbocycles. The minimum absolute atomic E-state index is 0.108. The lowest BCUT2D eigenvalue weighted by Crippen LogP contribution is -2.11. The van der Waals surface area contributed by atoms with Crippen molar-refractivity contribution in [1.82, 2.24) is 10.2 Å². The fraction of sp³-hybridized carbons (Fsp3) is 0.357. The number of halogens is 1. The second-order valence-electron chi connectivity index (χ2n) is 4.75. The lowest BCUT2D eigenvalue weighted by molar-refractivity contribution is 0.102. The molecule has 6 nitrogen and oxygen atoms in total. The molecule has 1 aliphatic heterocycles. The highest BCUT2D eigenvalue weighted by Gasteiger charge is 2.21. The molecule has 1 amide bonds. The zero-order chi connectivity index (χ0) is 15.5. The molecule has 0 unspecified atom stereocenters. The van der Waals surface area contributed by atoms with E-state index in [1.54, 1.807) is 12.1 Å². The molecule has 22 heavy (non-hydrogen) atoms. The quantitative estimate of drug-likeness (QED) is 0.902. The third-order valence-electron chi connectivity index (χ3n) is 3.12. The number of fused-ring (bicyclic) bond motifs is 1. The maximum absolute atomic E-state index is 12.3. The molecule has 0 saturated carbocycles. The van der Waals surface area contributed by atoms with Gasteiger partial charge in [-0.15, -0.1) is 10.2 Å². The van der Waals surface area contributed by atoms with Crippen LogP contribution in [0.1, 0.15) is 35.1 Å². The Hall–Kier alpha value is -1.86. The van der Waals surface area contributed by atoms with Crippen LogP contribution in [-0.2, 0) is 6.42 Å². The van der Waals surface area contributed by atoms with Gasteiger partial charge in [0.05, 0.1) is 5.02 Å². The summed E-state index contributed by atoms with van der Waals surface area (Å²) in [6.07, 6.45) is 3.03. The number of carbonyl (C=O) groups excluding carboxylic acids is 1. The first-order chi connectivity index (χ1) is 10.7. The van der Waals surface area contributed by atoms with Crippen LogP contribution in [0, 0.1) is 0 Å². The van der Waals surface area contributed by atoms with Gasteiger partial charge >= 0.3 is 0 Å². The minimum atomic E-state index is -0.307. The minimum Gasteiger partial charge on any atom is -0.454 e. The van der Waals surface area contributed by atoms with Crippen molar-refractivity contribution in [3.63, 3.8) is 0 Å². The predicted octanol–water partition coefficient (Wildman–Crippen LogP) is 3.52. The number of amides is 1. The standard InChI is InChI=1S/C14H14ClN3O3S/c1-2-3-4-11-17-18-14(22-11)16-13(19)8-5-9(15)12-10(6-8)20-7-21-12/h5-6H,2-4,7H2,1H3,(H,16,18,19). The maximum Gasteiger partial charge on any atom is 0.257 e. The van der Waals surface area contributed by atoms with Gasteiger partial charge in [0.2, 0.25) is 11.9 Å². The van der Waals surface area contributed by atoms with E-state index >= 15 is 0 Å². The van der Waals surface area contributed by atoms with Gasteiger partial charge < -0.3 is 9.47 Å². The number of aromatic nitrogens is 2. The van der Waals surface area contributed by atoms with Crippen LogP contribution in [0.4, 0.5) is 5.13 Å². The number of benzene rings is 1. The Balaban J connectivity index is 1.72. The van der Waals surface area contributed by atoms with Crippen molar-refractivity contribution in [2.45, 2.75) is 26.2 Å². The van der Waals surface area contributed by atoms with Gasteiger partial charge in [-0.1, -0.05) is 36.3 Å². The summed E-state index contributed by atoms with van der Waals surface area (Å²) in [5.41, 5.74) is 0.388. The van der Waals surface area contributed by atoms with Crippen LogP contribution in [0.2, 0.25) is 5.02 Å². The van der Waals surface area contributed by atoms with E-state index in [0.717, 1.165) is 24.3 Å². The molecular weight excluding hydrogens is 326 g/mol. The van der Waals surface area contributed by atoms with Gasteiger partial charge in [0.25, 0.3) is 5.91 Å². The molecule has 0 bridgehead atoms. The van der Waals surface area contributed by atoms with E-state index < -0.39 is 0 Å². The molecule has 2 aromatic rings.